The Hall–Kier alpha value is -2.17. The molecule has 1 aliphatic heterocycles. The van der Waals surface area contributed by atoms with Gasteiger partial charge in [0.15, 0.2) is 0 Å². The number of carbonyl (C=O) groups excluding carboxylic acids is 3. The lowest BCUT2D eigenvalue weighted by Gasteiger charge is -2.20. The van der Waals surface area contributed by atoms with Gasteiger partial charge in [-0.15, -0.1) is 0 Å². The lowest BCUT2D eigenvalue weighted by Crippen LogP contribution is -2.22. The quantitative estimate of drug-likeness (QED) is 0.809. The first kappa shape index (κ1) is 16.3. The molecular weight excluding hydrogens is 316 g/mol. The fourth-order valence-corrected chi connectivity index (χ4v) is 4.86. The van der Waals surface area contributed by atoms with Crippen LogP contribution in [0.2, 0.25) is 0 Å². The van der Waals surface area contributed by atoms with E-state index in [1.807, 2.05) is 24.3 Å². The first-order valence-corrected chi connectivity index (χ1v) is 9.29. The molecule has 1 aromatic rings. The van der Waals surface area contributed by atoms with Crippen molar-refractivity contribution in [3.8, 4) is 0 Å². The molecule has 4 atom stereocenters. The van der Waals surface area contributed by atoms with Crippen LogP contribution in [0.1, 0.15) is 44.1 Å². The molecule has 0 radical (unpaired) electrons. The van der Waals surface area contributed by atoms with E-state index in [1.165, 1.54) is 25.7 Å². The van der Waals surface area contributed by atoms with Crippen LogP contribution >= 0.6 is 0 Å². The third-order valence-electron chi connectivity index (χ3n) is 6.12. The fraction of sp³-hybridized carbons (Fsp3) is 0.550. The van der Waals surface area contributed by atoms with Gasteiger partial charge in [-0.05, 0) is 61.1 Å². The van der Waals surface area contributed by atoms with Gasteiger partial charge in [0.05, 0.1) is 5.92 Å². The van der Waals surface area contributed by atoms with Gasteiger partial charge in [0.1, 0.15) is 0 Å². The maximum Gasteiger partial charge on any atom is 0.230 e. The molecule has 1 heterocycles. The average molecular weight is 340 g/mol. The van der Waals surface area contributed by atoms with Crippen molar-refractivity contribution in [2.45, 2.75) is 44.9 Å². The van der Waals surface area contributed by atoms with Crippen LogP contribution in [0.25, 0.3) is 0 Å². The van der Waals surface area contributed by atoms with Crippen molar-refractivity contribution in [1.29, 1.82) is 0 Å². The minimum atomic E-state index is -0.272. The summed E-state index contributed by atoms with van der Waals surface area (Å²) in [6.45, 7) is 0. The van der Waals surface area contributed by atoms with Crippen molar-refractivity contribution in [2.75, 3.05) is 5.32 Å². The topological polar surface area (TPSA) is 75.3 Å². The molecule has 5 heteroatoms. The normalized spacial score (nSPS) is 30.6. The second kappa shape index (κ2) is 6.62. The zero-order valence-corrected chi connectivity index (χ0v) is 14.3. The van der Waals surface area contributed by atoms with Gasteiger partial charge in [-0.25, -0.2) is 0 Å². The van der Waals surface area contributed by atoms with Crippen LogP contribution in [0.4, 0.5) is 5.69 Å². The lowest BCUT2D eigenvalue weighted by molar-refractivity contribution is -0.125. The number of anilines is 1. The Bertz CT molecular complexity index is 697. The summed E-state index contributed by atoms with van der Waals surface area (Å²) in [5.41, 5.74) is 1.80. The molecule has 2 aliphatic carbocycles. The van der Waals surface area contributed by atoms with Gasteiger partial charge in [0.25, 0.3) is 0 Å². The van der Waals surface area contributed by atoms with Crippen LogP contribution in [-0.4, -0.2) is 17.7 Å². The van der Waals surface area contributed by atoms with Crippen LogP contribution in [-0.2, 0) is 20.8 Å². The summed E-state index contributed by atoms with van der Waals surface area (Å²) in [4.78, 5) is 35.2. The molecule has 3 aliphatic rings. The van der Waals surface area contributed by atoms with Gasteiger partial charge in [0.2, 0.25) is 17.7 Å². The molecule has 5 nitrogen and oxygen atoms in total. The molecule has 0 aromatic heterocycles. The summed E-state index contributed by atoms with van der Waals surface area (Å²) in [6, 6.07) is 7.60. The van der Waals surface area contributed by atoms with Crippen molar-refractivity contribution in [2.24, 2.45) is 23.7 Å². The van der Waals surface area contributed by atoms with Gasteiger partial charge in [-0.1, -0.05) is 18.6 Å². The highest BCUT2D eigenvalue weighted by molar-refractivity contribution is 6.03. The summed E-state index contributed by atoms with van der Waals surface area (Å²) in [5, 5.41) is 5.33. The Morgan fingerprint density at radius 3 is 2.52 bits per heavy atom. The van der Waals surface area contributed by atoms with Crippen LogP contribution in [0.3, 0.4) is 0 Å². The van der Waals surface area contributed by atoms with Crippen LogP contribution in [0, 0.1) is 23.7 Å². The largest absolute Gasteiger partial charge is 0.326 e. The molecule has 4 rings (SSSR count). The standard InChI is InChI=1S/C20H24N2O3/c23-18(10-15-9-13-1-4-14(15)8-13)21-17-5-2-12(3-6-17)7-16-11-19(24)22-20(16)25/h2-3,5-6,13-16H,1,4,7-11H2,(H,21,23)(H,22,24,25)/t13-,14-,15-,16+/m0/s1. The van der Waals surface area contributed by atoms with Crippen LogP contribution < -0.4 is 10.6 Å². The van der Waals surface area contributed by atoms with E-state index in [4.69, 9.17) is 0 Å². The van der Waals surface area contributed by atoms with E-state index in [2.05, 4.69) is 10.6 Å². The number of nitrogens with one attached hydrogen (secondary N) is 2. The number of hydrogen-bond donors (Lipinski definition) is 2. The molecule has 2 bridgehead atoms. The first-order chi connectivity index (χ1) is 12.1. The number of rotatable bonds is 5. The Kier molecular flexibility index (Phi) is 4.32. The molecule has 0 spiro atoms. The van der Waals surface area contributed by atoms with E-state index in [9.17, 15) is 14.4 Å². The molecule has 1 saturated heterocycles. The van der Waals surface area contributed by atoms with E-state index in [-0.39, 0.29) is 30.1 Å². The maximum absolute atomic E-state index is 12.3. The van der Waals surface area contributed by atoms with Crippen molar-refractivity contribution < 1.29 is 14.4 Å². The number of amides is 3. The molecule has 25 heavy (non-hydrogen) atoms. The fourth-order valence-electron chi connectivity index (χ4n) is 4.86. The molecule has 3 amide bonds. The molecule has 1 aromatic carbocycles. The van der Waals surface area contributed by atoms with Gasteiger partial charge in [-0.2, -0.15) is 0 Å². The van der Waals surface area contributed by atoms with Crippen LogP contribution in [0.5, 0.6) is 0 Å². The first-order valence-electron chi connectivity index (χ1n) is 9.29. The van der Waals surface area contributed by atoms with Crippen LogP contribution in [0.15, 0.2) is 24.3 Å². The Morgan fingerprint density at radius 1 is 1.12 bits per heavy atom. The van der Waals surface area contributed by atoms with E-state index >= 15 is 0 Å². The Labute approximate surface area is 147 Å². The minimum Gasteiger partial charge on any atom is -0.326 e. The van der Waals surface area contributed by atoms with Crippen molar-refractivity contribution in [3.63, 3.8) is 0 Å². The van der Waals surface area contributed by atoms with E-state index in [0.717, 1.165) is 23.1 Å². The third-order valence-corrected chi connectivity index (χ3v) is 6.12. The second-order valence-electron chi connectivity index (χ2n) is 7.90. The summed E-state index contributed by atoms with van der Waals surface area (Å²) < 4.78 is 0. The number of carbonyl (C=O) groups is 3. The summed E-state index contributed by atoms with van der Waals surface area (Å²) >= 11 is 0. The SMILES string of the molecule is O=C1C[C@@H](Cc2ccc(NC(=O)C[C@@H]3C[C@H]4CC[C@H]3C4)cc2)C(=O)N1. The van der Waals surface area contributed by atoms with E-state index in [1.54, 1.807) is 0 Å². The lowest BCUT2D eigenvalue weighted by atomic mass is 9.86. The molecule has 0 unspecified atom stereocenters. The van der Waals surface area contributed by atoms with Gasteiger partial charge >= 0.3 is 0 Å². The van der Waals surface area contributed by atoms with Crippen molar-refractivity contribution >= 4 is 23.4 Å². The zero-order chi connectivity index (χ0) is 17.4. The molecule has 3 fully saturated rings. The highest BCUT2D eigenvalue weighted by Crippen LogP contribution is 2.49. The highest BCUT2D eigenvalue weighted by atomic mass is 16.2. The molecule has 2 N–H and O–H groups in total. The molecule has 132 valence electrons. The zero-order valence-electron chi connectivity index (χ0n) is 14.3. The Morgan fingerprint density at radius 2 is 1.92 bits per heavy atom. The maximum atomic E-state index is 12.3. The predicted octanol–water partition coefficient (Wildman–Crippen LogP) is 2.66. The third kappa shape index (κ3) is 3.60. The molecule has 2 saturated carbocycles. The van der Waals surface area contributed by atoms with Crippen molar-refractivity contribution in [3.05, 3.63) is 29.8 Å². The number of benzene rings is 1. The summed E-state index contributed by atoms with van der Waals surface area (Å²) in [5.74, 6) is 1.64. The number of fused-ring (bicyclic) bond motifs is 2. The number of imide groups is 1. The van der Waals surface area contributed by atoms with E-state index in [0.29, 0.717) is 18.8 Å². The van der Waals surface area contributed by atoms with Gasteiger partial charge in [0, 0.05) is 18.5 Å². The predicted molar refractivity (Wildman–Crippen MR) is 93.6 cm³/mol. The van der Waals surface area contributed by atoms with Gasteiger partial charge < -0.3 is 5.32 Å². The van der Waals surface area contributed by atoms with E-state index < -0.39 is 0 Å². The Balaban J connectivity index is 1.29. The minimum absolute atomic E-state index is 0.103. The van der Waals surface area contributed by atoms with Gasteiger partial charge in [-0.3, -0.25) is 19.7 Å². The smallest absolute Gasteiger partial charge is 0.230 e. The summed E-state index contributed by atoms with van der Waals surface area (Å²) in [6.07, 6.45) is 6.65. The average Bonchev–Trinajstić information content (AvgIpc) is 3.26. The van der Waals surface area contributed by atoms with Crippen molar-refractivity contribution in [1.82, 2.24) is 5.32 Å². The number of hydrogen-bond acceptors (Lipinski definition) is 3. The highest BCUT2D eigenvalue weighted by Gasteiger charge is 2.40. The molecular formula is C20H24N2O3. The monoisotopic (exact) mass is 340 g/mol. The summed E-state index contributed by atoms with van der Waals surface area (Å²) in [7, 11) is 0. The second-order valence-corrected chi connectivity index (χ2v) is 7.90.